The van der Waals surface area contributed by atoms with E-state index in [0.29, 0.717) is 0 Å². The van der Waals surface area contributed by atoms with Crippen LogP contribution in [-0.2, 0) is 17.1 Å². The molecular weight excluding hydrogens is 189 g/mol. The average Bonchev–Trinajstić information content (AvgIpc) is 1.25. The molecule has 0 aliphatic rings. The van der Waals surface area contributed by atoms with E-state index in [1.54, 1.807) is 0 Å². The monoisotopic (exact) mass is 193 g/mol. The molecular formula is C2H4MnNO6. The maximum atomic E-state index is 8.44. The minimum Gasteiger partial charge on any atom is -0.652 e. The first-order valence-corrected chi connectivity index (χ1v) is 1.24. The molecule has 0 saturated carbocycles. The molecule has 10 heavy (non-hydrogen) atoms. The first kappa shape index (κ1) is 23.0. The third kappa shape index (κ3) is 265. The van der Waals surface area contributed by atoms with Crippen molar-refractivity contribution in [1.29, 1.82) is 0 Å². The van der Waals surface area contributed by atoms with E-state index in [2.05, 4.69) is 0 Å². The zero-order valence-corrected chi connectivity index (χ0v) is 5.75. The van der Waals surface area contributed by atoms with E-state index in [4.69, 9.17) is 30.0 Å². The van der Waals surface area contributed by atoms with E-state index in [1.165, 1.54) is 0 Å². The molecule has 0 aromatic carbocycles. The number of carboxylic acid groups (broad SMARTS) is 4. The van der Waals surface area contributed by atoms with Crippen LogP contribution in [0.5, 0.6) is 0 Å². The molecule has 0 aliphatic carbocycles. The molecule has 0 bridgehead atoms. The predicted molar refractivity (Wildman–Crippen MR) is 18.4 cm³/mol. The number of carbonyl (C=O) groups is 2. The van der Waals surface area contributed by atoms with Gasteiger partial charge < -0.3 is 36.2 Å². The fourth-order valence-electron chi connectivity index (χ4n) is 0. The first-order valence-electron chi connectivity index (χ1n) is 1.24. The van der Waals surface area contributed by atoms with Crippen molar-refractivity contribution in [3.63, 3.8) is 0 Å². The summed E-state index contributed by atoms with van der Waals surface area (Å²) in [6, 6.07) is 0. The Bertz CT molecular complexity index is 73.7. The van der Waals surface area contributed by atoms with E-state index >= 15 is 0 Å². The van der Waals surface area contributed by atoms with E-state index in [9.17, 15) is 0 Å². The summed E-state index contributed by atoms with van der Waals surface area (Å²) in [5, 5.41) is 32.0. The molecule has 0 fully saturated rings. The van der Waals surface area contributed by atoms with E-state index in [-0.39, 0.29) is 23.2 Å². The summed E-state index contributed by atoms with van der Waals surface area (Å²) in [4.78, 5) is 16.8. The molecule has 0 atom stereocenters. The van der Waals surface area contributed by atoms with Gasteiger partial charge in [-0.15, -0.1) is 0 Å². The molecule has 8 heteroatoms. The zero-order valence-electron chi connectivity index (χ0n) is 4.57. The van der Waals surface area contributed by atoms with Crippen LogP contribution in [0.15, 0.2) is 0 Å². The minimum absolute atomic E-state index is 0. The van der Waals surface area contributed by atoms with E-state index in [0.717, 1.165) is 0 Å². The molecule has 0 amide bonds. The van der Waals surface area contributed by atoms with Crippen LogP contribution in [0.1, 0.15) is 0 Å². The molecule has 0 rings (SSSR count). The second kappa shape index (κ2) is 15.7. The van der Waals surface area contributed by atoms with Gasteiger partial charge in [-0.2, -0.15) is 0 Å². The molecule has 4 N–H and O–H groups in total. The maximum Gasteiger partial charge on any atom is 3.00 e. The van der Waals surface area contributed by atoms with Crippen LogP contribution in [0, 0.1) is 0 Å². The van der Waals surface area contributed by atoms with Crippen LogP contribution in [0.3, 0.4) is 0 Å². The molecule has 0 aliphatic heterocycles. The minimum atomic E-state index is -2.33. The van der Waals surface area contributed by atoms with Crippen LogP contribution in [0.4, 0.5) is 9.59 Å². The topological polar surface area (TPSA) is 159 Å². The smallest absolute Gasteiger partial charge is 0.652 e. The second-order valence-electron chi connectivity index (χ2n) is 0.516. The summed E-state index contributed by atoms with van der Waals surface area (Å²) in [6.07, 6.45) is -4.42. The Kier molecular flexibility index (Phi) is 36.1. The van der Waals surface area contributed by atoms with Crippen LogP contribution in [0.2, 0.25) is 0 Å². The van der Waals surface area contributed by atoms with Gasteiger partial charge in [-0.3, -0.25) is 0 Å². The molecule has 0 spiro atoms. The molecule has 0 heterocycles. The van der Waals surface area contributed by atoms with Crippen molar-refractivity contribution < 1.29 is 47.1 Å². The standard InChI is InChI=1S/2CH2O3.Mn.H3N/c2*2-1(3)4;;/h2*(H2,2,3,4);;1H3/q;;+3;/p-3. The Morgan fingerprint density at radius 3 is 1.10 bits per heavy atom. The Morgan fingerprint density at radius 1 is 1.10 bits per heavy atom. The summed E-state index contributed by atoms with van der Waals surface area (Å²) in [6.45, 7) is 0. The number of hydrogen-bond acceptors (Lipinski definition) is 6. The third-order valence-electron chi connectivity index (χ3n) is 0. The van der Waals surface area contributed by atoms with Crippen LogP contribution in [-0.4, -0.2) is 17.4 Å². The van der Waals surface area contributed by atoms with Gasteiger partial charge in [0.05, 0.1) is 0 Å². The van der Waals surface area contributed by atoms with E-state index < -0.39 is 12.3 Å². The zero-order chi connectivity index (χ0) is 7.15. The van der Waals surface area contributed by atoms with Crippen molar-refractivity contribution in [3.8, 4) is 0 Å². The molecule has 0 unspecified atom stereocenters. The van der Waals surface area contributed by atoms with Crippen molar-refractivity contribution in [2.45, 2.75) is 0 Å². The average molecular weight is 193 g/mol. The quantitative estimate of drug-likeness (QED) is 0.379. The third-order valence-corrected chi connectivity index (χ3v) is 0. The number of hydrogen-bond donors (Lipinski definition) is 2. The summed E-state index contributed by atoms with van der Waals surface area (Å²) in [5.74, 6) is 0. The maximum absolute atomic E-state index is 8.44. The van der Waals surface area contributed by atoms with Gasteiger partial charge in [-0.05, 0) is 6.16 Å². The Morgan fingerprint density at radius 2 is 1.10 bits per heavy atom. The van der Waals surface area contributed by atoms with Gasteiger partial charge in [0.25, 0.3) is 0 Å². The largest absolute Gasteiger partial charge is 3.00 e. The van der Waals surface area contributed by atoms with Gasteiger partial charge in [0.15, 0.2) is 0 Å². The normalized spacial score (nSPS) is 4.80. The molecule has 0 aromatic rings. The Hall–Kier alpha value is -0.981. The SMILES string of the molecule is N.O=C([O-])O.O=C([O-])[O-].[Mn+3]. The van der Waals surface area contributed by atoms with Gasteiger partial charge in [0.2, 0.25) is 6.16 Å². The van der Waals surface area contributed by atoms with Crippen molar-refractivity contribution >= 4 is 12.3 Å². The summed E-state index contributed by atoms with van der Waals surface area (Å²) in [7, 11) is 0. The fourth-order valence-corrected chi connectivity index (χ4v) is 0. The van der Waals surface area contributed by atoms with Gasteiger partial charge in [0.1, 0.15) is 0 Å². The van der Waals surface area contributed by atoms with Crippen molar-refractivity contribution in [3.05, 3.63) is 0 Å². The summed E-state index contributed by atoms with van der Waals surface area (Å²) < 4.78 is 0. The first-order chi connectivity index (χ1) is 3.46. The Labute approximate surface area is 66.3 Å². The molecule has 60 valence electrons. The number of carbonyl (C=O) groups excluding carboxylic acids is 1. The summed E-state index contributed by atoms with van der Waals surface area (Å²) >= 11 is 0. The van der Waals surface area contributed by atoms with Gasteiger partial charge in [-0.1, -0.05) is 0 Å². The van der Waals surface area contributed by atoms with E-state index in [1.807, 2.05) is 0 Å². The van der Waals surface area contributed by atoms with Gasteiger partial charge in [-0.25, -0.2) is 0 Å². The second-order valence-corrected chi connectivity index (χ2v) is 0.516. The summed E-state index contributed by atoms with van der Waals surface area (Å²) in [5.41, 5.74) is 0. The molecule has 7 nitrogen and oxygen atoms in total. The van der Waals surface area contributed by atoms with Crippen LogP contribution < -0.4 is 21.5 Å². The molecule has 0 radical (unpaired) electrons. The fraction of sp³-hybridized carbons (Fsp3) is 0. The van der Waals surface area contributed by atoms with Crippen LogP contribution >= 0.6 is 0 Å². The van der Waals surface area contributed by atoms with Gasteiger partial charge >= 0.3 is 17.1 Å². The van der Waals surface area contributed by atoms with Gasteiger partial charge in [0, 0.05) is 0 Å². The number of rotatable bonds is 0. The van der Waals surface area contributed by atoms with Crippen LogP contribution in [0.25, 0.3) is 0 Å². The van der Waals surface area contributed by atoms with Crippen molar-refractivity contribution in [1.82, 2.24) is 6.15 Å². The predicted octanol–water partition coefficient (Wildman–Crippen LogP) is -3.40. The Balaban J connectivity index is -0.0000000300. The van der Waals surface area contributed by atoms with Crippen molar-refractivity contribution in [2.24, 2.45) is 0 Å². The van der Waals surface area contributed by atoms with Crippen molar-refractivity contribution in [2.75, 3.05) is 0 Å². The molecule has 0 aromatic heterocycles. The molecule has 0 saturated heterocycles.